The van der Waals surface area contributed by atoms with Crippen LogP contribution in [-0.2, 0) is 42.3 Å². The third kappa shape index (κ3) is 9.66. The average molecular weight is 535 g/mol. The molecule has 1 fully saturated rings. The van der Waals surface area contributed by atoms with Crippen LogP contribution in [0.4, 0.5) is 0 Å². The van der Waals surface area contributed by atoms with Crippen molar-refractivity contribution in [3.63, 3.8) is 0 Å². The normalized spacial score (nSPS) is 25.4. The highest BCUT2D eigenvalue weighted by Gasteiger charge is 2.52. The van der Waals surface area contributed by atoms with E-state index in [9.17, 15) is 9.59 Å². The summed E-state index contributed by atoms with van der Waals surface area (Å²) in [6, 6.07) is 0. The van der Waals surface area contributed by atoms with Gasteiger partial charge in [-0.25, -0.2) is 4.79 Å². The van der Waals surface area contributed by atoms with E-state index in [4.69, 9.17) is 32.7 Å². The zero-order valence-electron chi connectivity index (χ0n) is 21.3. The van der Waals surface area contributed by atoms with Crippen molar-refractivity contribution in [3.05, 3.63) is 36.0 Å². The van der Waals surface area contributed by atoms with Gasteiger partial charge < -0.3 is 32.7 Å². The van der Waals surface area contributed by atoms with Gasteiger partial charge in [-0.2, -0.15) is 0 Å². The number of hydrogen-bond donors (Lipinski definition) is 0. The van der Waals surface area contributed by atoms with Crippen molar-refractivity contribution in [1.29, 1.82) is 0 Å². The van der Waals surface area contributed by atoms with Crippen molar-refractivity contribution < 1.29 is 42.3 Å². The van der Waals surface area contributed by atoms with Gasteiger partial charge in [0.25, 0.3) is 0 Å². The van der Waals surface area contributed by atoms with Crippen LogP contribution in [0.2, 0.25) is 0 Å². The number of hydrogen-bond acceptors (Lipinski definition) is 9. The van der Waals surface area contributed by atoms with Gasteiger partial charge >= 0.3 is 11.9 Å². The molecule has 0 aromatic rings. The topological polar surface area (TPSA) is 98.8 Å². The zero-order chi connectivity index (χ0) is 26.4. The third-order valence-corrected chi connectivity index (χ3v) is 6.15. The maximum absolute atomic E-state index is 12.2. The molecule has 3 unspecified atom stereocenters. The Morgan fingerprint density at radius 3 is 2.57 bits per heavy atom. The van der Waals surface area contributed by atoms with E-state index in [1.54, 1.807) is 12.2 Å². The van der Waals surface area contributed by atoms with Crippen LogP contribution in [0.5, 0.6) is 0 Å². The van der Waals surface area contributed by atoms with E-state index in [-0.39, 0.29) is 18.6 Å². The van der Waals surface area contributed by atoms with Crippen LogP contribution in [0.1, 0.15) is 46.5 Å². The minimum Gasteiger partial charge on any atom is -0.466 e. The summed E-state index contributed by atoms with van der Waals surface area (Å²) in [5.74, 6) is -2.75. The van der Waals surface area contributed by atoms with Gasteiger partial charge in [0.2, 0.25) is 5.79 Å². The van der Waals surface area contributed by atoms with Crippen LogP contribution in [0.25, 0.3) is 0 Å². The summed E-state index contributed by atoms with van der Waals surface area (Å²) in [4.78, 5) is 24.2. The number of carbonyl (C=O) groups is 2. The molecule has 0 N–H and O–H groups in total. The molecule has 1 rings (SSSR count). The number of unbranched alkanes of at least 4 members (excludes halogenated alkanes) is 1. The Morgan fingerprint density at radius 2 is 2.03 bits per heavy atom. The van der Waals surface area contributed by atoms with Gasteiger partial charge in [0, 0.05) is 57.6 Å². The molecule has 0 aromatic carbocycles. The van der Waals surface area contributed by atoms with Crippen LogP contribution in [-0.4, -0.2) is 69.6 Å². The van der Waals surface area contributed by atoms with Crippen LogP contribution < -0.4 is 0 Å². The summed E-state index contributed by atoms with van der Waals surface area (Å²) in [5, 5.41) is 0. The fourth-order valence-corrected chi connectivity index (χ4v) is 4.23. The molecule has 1 aliphatic heterocycles. The van der Waals surface area contributed by atoms with Crippen molar-refractivity contribution in [2.75, 3.05) is 27.4 Å². The molecular formula is C24H40O9P2. The molecule has 0 saturated carbocycles. The van der Waals surface area contributed by atoms with E-state index < -0.39 is 29.9 Å². The van der Waals surface area contributed by atoms with Crippen LogP contribution >= 0.6 is 18.9 Å². The van der Waals surface area contributed by atoms with Crippen molar-refractivity contribution >= 4 is 30.9 Å². The number of carbonyl (C=O) groups excluding carboxylic acids is 2. The highest BCUT2D eigenvalue weighted by molar-refractivity contribution is 7.10. The Kier molecular flexibility index (Phi) is 15.1. The second-order valence-electron chi connectivity index (χ2n) is 8.15. The largest absolute Gasteiger partial charge is 0.466 e. The van der Waals surface area contributed by atoms with Gasteiger partial charge in [0.1, 0.15) is 0 Å². The van der Waals surface area contributed by atoms with Gasteiger partial charge in [0.05, 0.1) is 32.0 Å². The lowest BCUT2D eigenvalue weighted by atomic mass is 9.85. The molecule has 35 heavy (non-hydrogen) atoms. The second kappa shape index (κ2) is 16.5. The molecule has 1 aliphatic rings. The van der Waals surface area contributed by atoms with E-state index in [2.05, 4.69) is 32.4 Å². The molecule has 0 aromatic heterocycles. The van der Waals surface area contributed by atoms with Crippen molar-refractivity contribution in [2.24, 2.45) is 0 Å². The Balaban J connectivity index is 3.41. The molecule has 1 saturated heterocycles. The fraction of sp³-hybridized carbons (Fsp3) is 0.667. The third-order valence-electron chi connectivity index (χ3n) is 5.61. The Labute approximate surface area is 213 Å². The second-order valence-corrected chi connectivity index (χ2v) is 8.75. The van der Waals surface area contributed by atoms with E-state index in [1.807, 2.05) is 6.92 Å². The molecule has 1 heterocycles. The summed E-state index contributed by atoms with van der Waals surface area (Å²) >= 11 is 0. The predicted octanol–water partition coefficient (Wildman–Crippen LogP) is 3.84. The lowest BCUT2D eigenvalue weighted by Gasteiger charge is -2.47. The summed E-state index contributed by atoms with van der Waals surface area (Å²) < 4.78 is 39.3. The smallest absolute Gasteiger partial charge is 0.330 e. The van der Waals surface area contributed by atoms with E-state index >= 15 is 0 Å². The molecule has 11 heteroatoms. The van der Waals surface area contributed by atoms with Crippen molar-refractivity contribution in [1.82, 2.24) is 0 Å². The molecule has 9 nitrogen and oxygen atoms in total. The molecule has 0 radical (unpaired) electrons. The first-order valence-corrected chi connectivity index (χ1v) is 12.5. The minimum absolute atomic E-state index is 0.207. The van der Waals surface area contributed by atoms with Gasteiger partial charge in [-0.1, -0.05) is 32.1 Å². The molecule has 0 aliphatic carbocycles. The number of ether oxygens (including phenoxy) is 5. The summed E-state index contributed by atoms with van der Waals surface area (Å²) in [7, 11) is 7.15. The summed E-state index contributed by atoms with van der Waals surface area (Å²) in [6.45, 7) is 10.3. The predicted molar refractivity (Wildman–Crippen MR) is 138 cm³/mol. The maximum Gasteiger partial charge on any atom is 0.330 e. The first-order valence-electron chi connectivity index (χ1n) is 11.5. The fourth-order valence-electron chi connectivity index (χ4n) is 3.79. The molecule has 0 spiro atoms. The summed E-state index contributed by atoms with van der Waals surface area (Å²) in [6.07, 6.45) is 5.27. The minimum atomic E-state index is -1.59. The van der Waals surface area contributed by atoms with Crippen molar-refractivity contribution in [3.8, 4) is 0 Å². The Hall–Kier alpha value is -1.18. The van der Waals surface area contributed by atoms with Gasteiger partial charge in [-0.15, -0.1) is 0 Å². The molecule has 0 bridgehead atoms. The number of esters is 2. The van der Waals surface area contributed by atoms with Crippen LogP contribution in [0.3, 0.4) is 0 Å². The lowest BCUT2D eigenvalue weighted by Crippen LogP contribution is -2.57. The highest BCUT2D eigenvalue weighted by atomic mass is 31.0. The SMILES string of the molecule is C=C(/C=C/COP)[C@]1(OC)OC(C[C@@H](OP)[C@@H](C)OCCCC)C/C(=C\C(=O)OC)[C@@H]1OC(C)=O. The Morgan fingerprint density at radius 1 is 1.31 bits per heavy atom. The van der Waals surface area contributed by atoms with Gasteiger partial charge in [0.15, 0.2) is 6.10 Å². The first-order chi connectivity index (χ1) is 16.7. The number of rotatable bonds is 15. The van der Waals surface area contributed by atoms with Crippen LogP contribution in [0, 0.1) is 0 Å². The monoisotopic (exact) mass is 534 g/mol. The molecule has 200 valence electrons. The van der Waals surface area contributed by atoms with Gasteiger partial charge in [-0.05, 0) is 25.3 Å². The average Bonchev–Trinajstić information content (AvgIpc) is 2.83. The number of methoxy groups -OCH3 is 2. The molecular weight excluding hydrogens is 494 g/mol. The Bertz CT molecular complexity index is 755. The zero-order valence-corrected chi connectivity index (χ0v) is 23.6. The van der Waals surface area contributed by atoms with E-state index in [1.165, 1.54) is 27.2 Å². The summed E-state index contributed by atoms with van der Waals surface area (Å²) in [5.41, 5.74) is 0.855. The highest BCUT2D eigenvalue weighted by Crippen LogP contribution is 2.42. The standard InChI is InChI=1S/C24H40O9P2/c1-7-8-11-29-17(3)21(33-35)15-20-13-19(14-22(26)27-5)23(31-18(4)25)24(28-6,32-20)16(2)10-9-12-30-34/h9-10,14,17,20-21,23H,2,7-8,11-13,15,34-35H2,1,3-6H3/b10-9+,19-14+/t17-,20?,21-,23+,24+/m1/s1. The molecule has 0 amide bonds. The maximum atomic E-state index is 12.2. The van der Waals surface area contributed by atoms with Crippen LogP contribution in [0.15, 0.2) is 36.0 Å². The van der Waals surface area contributed by atoms with Crippen molar-refractivity contribution in [2.45, 2.75) is 76.7 Å². The van der Waals surface area contributed by atoms with E-state index in [0.29, 0.717) is 30.8 Å². The first kappa shape index (κ1) is 31.8. The van der Waals surface area contributed by atoms with Gasteiger partial charge in [-0.3, -0.25) is 4.79 Å². The van der Waals surface area contributed by atoms with E-state index in [0.717, 1.165) is 12.8 Å². The quantitative estimate of drug-likeness (QED) is 0.102. The lowest BCUT2D eigenvalue weighted by molar-refractivity contribution is -0.279. The molecule has 7 atom stereocenters.